The first kappa shape index (κ1) is 22.6. The van der Waals surface area contributed by atoms with E-state index in [1.165, 1.54) is 24.5 Å². The lowest BCUT2D eigenvalue weighted by atomic mass is 9.89. The first-order chi connectivity index (χ1) is 13.0. The topological polar surface area (TPSA) is 66.7 Å². The normalized spacial score (nSPS) is 16.2. The Bertz CT molecular complexity index is 958. The highest BCUT2D eigenvalue weighted by Crippen LogP contribution is 2.46. The lowest BCUT2D eigenvalue weighted by Gasteiger charge is -2.35. The zero-order valence-electron chi connectivity index (χ0n) is 16.1. The van der Waals surface area contributed by atoms with Gasteiger partial charge in [-0.15, -0.1) is 6.58 Å². The Balaban J connectivity index is 2.81. The minimum atomic E-state index is -3.38. The van der Waals surface area contributed by atoms with Crippen molar-refractivity contribution in [3.8, 4) is 0 Å². The van der Waals surface area contributed by atoms with E-state index in [9.17, 15) is 13.0 Å². The Hall–Kier alpha value is -1.67. The summed E-state index contributed by atoms with van der Waals surface area (Å²) in [4.78, 5) is 8.46. The maximum Gasteiger partial charge on any atom is 0.162 e. The molecule has 8 heteroatoms. The average Bonchev–Trinajstić information content (AvgIpc) is 2.61. The van der Waals surface area contributed by atoms with Gasteiger partial charge >= 0.3 is 0 Å². The molecule has 3 atom stereocenters. The van der Waals surface area contributed by atoms with Crippen LogP contribution < -0.4 is 0 Å². The Kier molecular flexibility index (Phi) is 7.09. The van der Waals surface area contributed by atoms with Gasteiger partial charge in [-0.2, -0.15) is 0 Å². The van der Waals surface area contributed by atoms with E-state index in [1.54, 1.807) is 26.8 Å². The zero-order valence-corrected chi connectivity index (χ0v) is 18.5. The van der Waals surface area contributed by atoms with Gasteiger partial charge in [0.05, 0.1) is 20.7 Å². The lowest BCUT2D eigenvalue weighted by molar-refractivity contribution is 0.472. The number of nitrogens with zero attached hydrogens (tertiary/aromatic N) is 2. The maximum atomic E-state index is 14.7. The molecule has 4 nitrogen and oxygen atoms in total. The van der Waals surface area contributed by atoms with Crippen LogP contribution in [-0.4, -0.2) is 18.9 Å². The van der Waals surface area contributed by atoms with Crippen molar-refractivity contribution < 1.29 is 13.0 Å². The van der Waals surface area contributed by atoms with Gasteiger partial charge in [-0.1, -0.05) is 18.2 Å². The van der Waals surface area contributed by atoms with Gasteiger partial charge < -0.3 is 0 Å². The zero-order chi connectivity index (χ0) is 21.1. The number of benzene rings is 1. The van der Waals surface area contributed by atoms with Crippen LogP contribution in [0.5, 0.6) is 0 Å². The van der Waals surface area contributed by atoms with Crippen LogP contribution in [0.15, 0.2) is 47.9 Å². The monoisotopic (exact) mass is 471 g/mol. The molecule has 0 bridgehead atoms. The van der Waals surface area contributed by atoms with Crippen molar-refractivity contribution in [1.29, 1.82) is 4.78 Å². The molecule has 1 heterocycles. The highest BCUT2D eigenvalue weighted by molar-refractivity contribution is 9.10. The summed E-state index contributed by atoms with van der Waals surface area (Å²) < 4.78 is 50.7. The van der Waals surface area contributed by atoms with Gasteiger partial charge in [-0.3, -0.25) is 9.76 Å². The predicted molar refractivity (Wildman–Crippen MR) is 112 cm³/mol. The van der Waals surface area contributed by atoms with Crippen molar-refractivity contribution >= 4 is 25.7 Å². The highest BCUT2D eigenvalue weighted by Gasteiger charge is 2.42. The van der Waals surface area contributed by atoms with Crippen LogP contribution >= 0.6 is 15.9 Å². The van der Waals surface area contributed by atoms with Crippen molar-refractivity contribution in [2.24, 2.45) is 0 Å². The molecule has 2 rings (SSSR count). The van der Waals surface area contributed by atoms with Gasteiger partial charge in [0, 0.05) is 23.1 Å². The molecule has 0 fully saturated rings. The van der Waals surface area contributed by atoms with Gasteiger partial charge in [-0.05, 0) is 61.2 Å². The molecule has 1 aromatic heterocycles. The second kappa shape index (κ2) is 8.78. The van der Waals surface area contributed by atoms with Gasteiger partial charge in [0.2, 0.25) is 0 Å². The van der Waals surface area contributed by atoms with Crippen molar-refractivity contribution in [3.05, 3.63) is 70.7 Å². The molecule has 152 valence electrons. The minimum absolute atomic E-state index is 0.0774. The number of hydrogen-bond acceptors (Lipinski definition) is 4. The summed E-state index contributed by atoms with van der Waals surface area (Å²) in [7, 11) is -3.38. The molecule has 0 aliphatic heterocycles. The van der Waals surface area contributed by atoms with E-state index in [2.05, 4.69) is 32.5 Å². The lowest BCUT2D eigenvalue weighted by Crippen LogP contribution is -2.35. The fourth-order valence-electron chi connectivity index (χ4n) is 3.06. The summed E-state index contributed by atoms with van der Waals surface area (Å²) in [5, 5.41) is -0.994. The van der Waals surface area contributed by atoms with Gasteiger partial charge in [0.25, 0.3) is 0 Å². The number of hydrogen-bond donors (Lipinski definition) is 1. The Morgan fingerprint density at radius 2 is 1.93 bits per heavy atom. The molecular weight excluding hydrogens is 448 g/mol. The first-order valence-corrected chi connectivity index (χ1v) is 11.2. The summed E-state index contributed by atoms with van der Waals surface area (Å²) in [6, 6.07) is 3.93. The average molecular weight is 472 g/mol. The SMILES string of the molecule is C=CCC[C@@H](c1cccc(F)c1F)[C@@H](c1nccnc1Br)S(=N)(=O)C(C)(C)C. The van der Waals surface area contributed by atoms with E-state index in [1.807, 2.05) is 0 Å². The van der Waals surface area contributed by atoms with Gasteiger partial charge in [-0.25, -0.2) is 18.0 Å². The summed E-state index contributed by atoms with van der Waals surface area (Å²) in [6.45, 7) is 8.81. The Morgan fingerprint density at radius 1 is 1.29 bits per heavy atom. The van der Waals surface area contributed by atoms with E-state index >= 15 is 0 Å². The van der Waals surface area contributed by atoms with Crippen molar-refractivity contribution in [2.75, 3.05) is 0 Å². The Labute approximate surface area is 173 Å². The number of nitrogens with one attached hydrogen (secondary N) is 1. The molecule has 0 spiro atoms. The minimum Gasteiger partial charge on any atom is -0.256 e. The molecule has 28 heavy (non-hydrogen) atoms. The second-order valence-corrected chi connectivity index (χ2v) is 11.2. The van der Waals surface area contributed by atoms with Crippen LogP contribution in [0.2, 0.25) is 0 Å². The maximum absolute atomic E-state index is 14.7. The summed E-state index contributed by atoms with van der Waals surface area (Å²) in [6.07, 6.45) is 5.39. The van der Waals surface area contributed by atoms with Crippen LogP contribution in [0.1, 0.15) is 56.0 Å². The summed E-state index contributed by atoms with van der Waals surface area (Å²) >= 11 is 3.33. The van der Waals surface area contributed by atoms with Crippen LogP contribution in [0, 0.1) is 16.4 Å². The number of halogens is 3. The standard InChI is InChI=1S/C20H24BrF2N3OS/c1-5-6-8-14(13-9-7-10-15(22)16(13)23)18(28(24,27)20(2,3)4)17-19(21)26-12-11-25-17/h5,7,9-12,14,18,24H,1,6,8H2,2-4H3/t14-,18-,28?/m0/s1. The summed E-state index contributed by atoms with van der Waals surface area (Å²) in [5.41, 5.74) is 0.378. The summed E-state index contributed by atoms with van der Waals surface area (Å²) in [5.74, 6) is -2.72. The van der Waals surface area contributed by atoms with E-state index in [0.29, 0.717) is 23.1 Å². The molecule has 1 N–H and O–H groups in total. The predicted octanol–water partition coefficient (Wildman–Crippen LogP) is 6.15. The number of aromatic nitrogens is 2. The Morgan fingerprint density at radius 3 is 2.50 bits per heavy atom. The van der Waals surface area contributed by atoms with Gasteiger partial charge in [0.1, 0.15) is 4.60 Å². The highest BCUT2D eigenvalue weighted by atomic mass is 79.9. The smallest absolute Gasteiger partial charge is 0.162 e. The third-order valence-corrected chi connectivity index (χ3v) is 8.34. The van der Waals surface area contributed by atoms with Crippen LogP contribution in [0.3, 0.4) is 0 Å². The molecular formula is C20H24BrF2N3OS. The van der Waals surface area contributed by atoms with Crippen LogP contribution in [0.4, 0.5) is 8.78 Å². The largest absolute Gasteiger partial charge is 0.256 e. The molecule has 0 saturated carbocycles. The molecule has 2 aromatic rings. The fourth-order valence-corrected chi connectivity index (χ4v) is 5.67. The third kappa shape index (κ3) is 4.49. The van der Waals surface area contributed by atoms with Gasteiger partial charge in [0.15, 0.2) is 11.6 Å². The van der Waals surface area contributed by atoms with E-state index < -0.39 is 37.3 Å². The van der Waals surface area contributed by atoms with Crippen LogP contribution in [-0.2, 0) is 9.73 Å². The molecule has 0 aliphatic carbocycles. The quantitative estimate of drug-likeness (QED) is 0.492. The van der Waals surface area contributed by atoms with E-state index in [4.69, 9.17) is 4.78 Å². The first-order valence-electron chi connectivity index (χ1n) is 8.80. The van der Waals surface area contributed by atoms with Crippen molar-refractivity contribution in [2.45, 2.75) is 49.5 Å². The van der Waals surface area contributed by atoms with Crippen LogP contribution in [0.25, 0.3) is 0 Å². The second-order valence-electron chi connectivity index (χ2n) is 7.48. The number of allylic oxidation sites excluding steroid dienone is 1. The van der Waals surface area contributed by atoms with Crippen molar-refractivity contribution in [3.63, 3.8) is 0 Å². The molecule has 1 unspecified atom stereocenters. The molecule has 0 aliphatic rings. The fraction of sp³-hybridized carbons (Fsp3) is 0.400. The van der Waals surface area contributed by atoms with Crippen molar-refractivity contribution in [1.82, 2.24) is 9.97 Å². The molecule has 0 amide bonds. The molecule has 1 aromatic carbocycles. The molecule has 0 saturated heterocycles. The number of rotatable bonds is 7. The van der Waals surface area contributed by atoms with E-state index in [-0.39, 0.29) is 5.56 Å². The molecule has 0 radical (unpaired) electrons. The third-order valence-electron chi connectivity index (χ3n) is 4.64. The van der Waals surface area contributed by atoms with E-state index in [0.717, 1.165) is 6.07 Å².